The van der Waals surface area contributed by atoms with Crippen molar-refractivity contribution in [3.05, 3.63) is 11.6 Å². The van der Waals surface area contributed by atoms with Crippen molar-refractivity contribution in [2.75, 3.05) is 13.2 Å². The molecule has 4 heteroatoms. The van der Waals surface area contributed by atoms with E-state index in [0.29, 0.717) is 18.3 Å². The average molecular weight is 338 g/mol. The number of allylic oxidation sites excluding steroid dienone is 2. The molecule has 0 aromatic rings. The molecule has 2 saturated carbocycles. The quantitative estimate of drug-likeness (QED) is 0.595. The molecule has 0 radical (unpaired) electrons. The Morgan fingerprint density at radius 3 is 2.50 bits per heavy atom. The summed E-state index contributed by atoms with van der Waals surface area (Å²) in [6.07, 6.45) is 6.45. The highest BCUT2D eigenvalue weighted by atomic mass is 16.3. The third-order valence-corrected chi connectivity index (χ3v) is 8.05. The molecule has 2 fully saturated rings. The Hall–Kier alpha value is -0.420. The summed E-state index contributed by atoms with van der Waals surface area (Å²) >= 11 is 0. The zero-order chi connectivity index (χ0) is 17.8. The fourth-order valence-electron chi connectivity index (χ4n) is 6.26. The van der Waals surface area contributed by atoms with E-state index in [0.717, 1.165) is 32.1 Å². The van der Waals surface area contributed by atoms with Crippen LogP contribution in [0.2, 0.25) is 0 Å². The number of hydrogen-bond acceptors (Lipinski definition) is 4. The van der Waals surface area contributed by atoms with Gasteiger partial charge in [-0.1, -0.05) is 32.4 Å². The van der Waals surface area contributed by atoms with Crippen LogP contribution in [0.4, 0.5) is 0 Å². The Morgan fingerprint density at radius 1 is 1.17 bits per heavy atom. The van der Waals surface area contributed by atoms with Crippen LogP contribution in [-0.4, -0.2) is 45.8 Å². The summed E-state index contributed by atoms with van der Waals surface area (Å²) in [7, 11) is 0. The lowest BCUT2D eigenvalue weighted by atomic mass is 9.45. The van der Waals surface area contributed by atoms with Gasteiger partial charge in [0.15, 0.2) is 0 Å². The molecule has 0 saturated heterocycles. The van der Waals surface area contributed by atoms with Gasteiger partial charge in [-0.25, -0.2) is 0 Å². The van der Waals surface area contributed by atoms with Crippen LogP contribution in [0, 0.1) is 28.1 Å². The summed E-state index contributed by atoms with van der Waals surface area (Å²) < 4.78 is 0. The Balaban J connectivity index is 1.92. The second kappa shape index (κ2) is 6.08. The molecule has 3 aliphatic carbocycles. The first-order valence-corrected chi connectivity index (χ1v) is 9.48. The minimum absolute atomic E-state index is 0.0782. The molecule has 0 bridgehead atoms. The first-order valence-electron chi connectivity index (χ1n) is 9.48. The van der Waals surface area contributed by atoms with Crippen molar-refractivity contribution >= 4 is 0 Å². The second-order valence-electron chi connectivity index (χ2n) is 9.44. The van der Waals surface area contributed by atoms with Gasteiger partial charge in [0.1, 0.15) is 0 Å². The molecule has 0 aromatic carbocycles. The third-order valence-electron chi connectivity index (χ3n) is 8.05. The number of fused-ring (bicyclic) bond motifs is 3. The van der Waals surface area contributed by atoms with Crippen molar-refractivity contribution < 1.29 is 20.4 Å². The molecular weight excluding hydrogens is 304 g/mol. The van der Waals surface area contributed by atoms with Crippen LogP contribution in [0.5, 0.6) is 0 Å². The highest BCUT2D eigenvalue weighted by molar-refractivity contribution is 5.25. The van der Waals surface area contributed by atoms with Gasteiger partial charge in [0.25, 0.3) is 0 Å². The van der Waals surface area contributed by atoms with Crippen LogP contribution in [0.3, 0.4) is 0 Å². The molecule has 4 N–H and O–H groups in total. The van der Waals surface area contributed by atoms with Gasteiger partial charge >= 0.3 is 0 Å². The fourth-order valence-corrected chi connectivity index (χ4v) is 6.26. The van der Waals surface area contributed by atoms with E-state index in [4.69, 9.17) is 0 Å². The van der Waals surface area contributed by atoms with Crippen molar-refractivity contribution in [3.63, 3.8) is 0 Å². The lowest BCUT2D eigenvalue weighted by Gasteiger charge is -2.61. The molecule has 24 heavy (non-hydrogen) atoms. The first kappa shape index (κ1) is 18.4. The lowest BCUT2D eigenvalue weighted by Crippen LogP contribution is -2.56. The minimum atomic E-state index is -0.862. The van der Waals surface area contributed by atoms with Gasteiger partial charge in [0.05, 0.1) is 25.4 Å². The van der Waals surface area contributed by atoms with Crippen molar-refractivity contribution in [3.8, 4) is 0 Å². The maximum Gasteiger partial charge on any atom is 0.0851 e. The largest absolute Gasteiger partial charge is 0.396 e. The standard InChI is InChI=1S/C20H34O4/c1-18(2)15-5-4-13-10-20(12-22,17(24)11-21)9-6-14(13)19(15,3)8-7-16(18)23/h4,14-17,21-24H,5-12H2,1-3H3/t14-,15-,16-,17-,19+,20+/m0/s1. The van der Waals surface area contributed by atoms with Gasteiger partial charge in [-0.15, -0.1) is 0 Å². The van der Waals surface area contributed by atoms with Gasteiger partial charge in [0, 0.05) is 5.41 Å². The monoisotopic (exact) mass is 338 g/mol. The molecular formula is C20H34O4. The predicted octanol–water partition coefficient (Wildman–Crippen LogP) is 2.25. The Bertz CT molecular complexity index is 514. The van der Waals surface area contributed by atoms with E-state index < -0.39 is 11.5 Å². The highest BCUT2D eigenvalue weighted by Crippen LogP contribution is 2.63. The molecule has 6 atom stereocenters. The molecule has 4 nitrogen and oxygen atoms in total. The topological polar surface area (TPSA) is 80.9 Å². The van der Waals surface area contributed by atoms with Gasteiger partial charge < -0.3 is 20.4 Å². The van der Waals surface area contributed by atoms with E-state index >= 15 is 0 Å². The van der Waals surface area contributed by atoms with Crippen molar-refractivity contribution in [1.29, 1.82) is 0 Å². The van der Waals surface area contributed by atoms with Gasteiger partial charge in [-0.05, 0) is 61.2 Å². The number of hydrogen-bond donors (Lipinski definition) is 4. The molecule has 3 aliphatic rings. The summed E-state index contributed by atoms with van der Waals surface area (Å²) in [6.45, 7) is 6.42. The SMILES string of the molecule is CC1(C)[C@@H](O)CC[C@]2(C)[C@H]3CC[C@@](CO)([C@@H](O)CO)CC3=CC[C@@H]12. The van der Waals surface area contributed by atoms with Crippen LogP contribution < -0.4 is 0 Å². The summed E-state index contributed by atoms with van der Waals surface area (Å²) in [5.74, 6) is 0.931. The molecule has 0 aromatic heterocycles. The third kappa shape index (κ3) is 2.49. The van der Waals surface area contributed by atoms with Crippen molar-refractivity contribution in [2.45, 2.75) is 71.5 Å². The van der Waals surface area contributed by atoms with Gasteiger partial charge in [-0.2, -0.15) is 0 Å². The zero-order valence-electron chi connectivity index (χ0n) is 15.3. The van der Waals surface area contributed by atoms with E-state index in [-0.39, 0.29) is 30.1 Å². The van der Waals surface area contributed by atoms with Crippen LogP contribution in [-0.2, 0) is 0 Å². The fraction of sp³-hybridized carbons (Fsp3) is 0.900. The number of aliphatic hydroxyl groups excluding tert-OH is 4. The Labute approximate surface area is 145 Å². The summed E-state index contributed by atoms with van der Waals surface area (Å²) in [4.78, 5) is 0. The highest BCUT2D eigenvalue weighted by Gasteiger charge is 2.57. The number of rotatable bonds is 3. The number of aliphatic hydroxyl groups is 4. The van der Waals surface area contributed by atoms with Crippen LogP contribution in [0.25, 0.3) is 0 Å². The predicted molar refractivity (Wildman–Crippen MR) is 93.3 cm³/mol. The molecule has 0 unspecified atom stereocenters. The zero-order valence-corrected chi connectivity index (χ0v) is 15.3. The maximum absolute atomic E-state index is 10.5. The summed E-state index contributed by atoms with van der Waals surface area (Å²) in [5, 5.41) is 40.1. The second-order valence-corrected chi connectivity index (χ2v) is 9.44. The first-order chi connectivity index (χ1) is 11.2. The van der Waals surface area contributed by atoms with Crippen LogP contribution in [0.15, 0.2) is 11.6 Å². The van der Waals surface area contributed by atoms with E-state index in [9.17, 15) is 20.4 Å². The normalized spacial score (nSPS) is 45.8. The summed E-state index contributed by atoms with van der Waals surface area (Å²) in [5.41, 5.74) is 0.863. The van der Waals surface area contributed by atoms with Crippen molar-refractivity contribution in [1.82, 2.24) is 0 Å². The van der Waals surface area contributed by atoms with Crippen LogP contribution in [0.1, 0.15) is 59.3 Å². The smallest absolute Gasteiger partial charge is 0.0851 e. The molecule has 138 valence electrons. The minimum Gasteiger partial charge on any atom is -0.396 e. The van der Waals surface area contributed by atoms with E-state index in [1.54, 1.807) is 0 Å². The van der Waals surface area contributed by atoms with Crippen molar-refractivity contribution in [2.24, 2.45) is 28.1 Å². The molecule has 0 heterocycles. The molecule has 0 spiro atoms. The van der Waals surface area contributed by atoms with Gasteiger partial charge in [-0.3, -0.25) is 0 Å². The molecule has 3 rings (SSSR count). The van der Waals surface area contributed by atoms with Gasteiger partial charge in [0.2, 0.25) is 0 Å². The Morgan fingerprint density at radius 2 is 1.88 bits per heavy atom. The van der Waals surface area contributed by atoms with E-state index in [1.165, 1.54) is 5.57 Å². The van der Waals surface area contributed by atoms with Crippen LogP contribution >= 0.6 is 0 Å². The lowest BCUT2D eigenvalue weighted by molar-refractivity contribution is -0.130. The Kier molecular flexibility index (Phi) is 4.66. The molecule has 0 aliphatic heterocycles. The maximum atomic E-state index is 10.5. The van der Waals surface area contributed by atoms with E-state index in [1.807, 2.05) is 0 Å². The molecule has 0 amide bonds. The summed E-state index contributed by atoms with van der Waals surface area (Å²) in [6, 6.07) is 0. The van der Waals surface area contributed by atoms with E-state index in [2.05, 4.69) is 26.8 Å². The average Bonchev–Trinajstić information content (AvgIpc) is 2.57.